The summed E-state index contributed by atoms with van der Waals surface area (Å²) in [5.74, 6) is -2.63. The first-order chi connectivity index (χ1) is 8.80. The summed E-state index contributed by atoms with van der Waals surface area (Å²) in [6, 6.07) is 3.26. The summed E-state index contributed by atoms with van der Waals surface area (Å²) in [4.78, 5) is 10.9. The van der Waals surface area contributed by atoms with Crippen LogP contribution in [-0.2, 0) is 6.18 Å². The number of alkyl halides is 3. The van der Waals surface area contributed by atoms with Crippen LogP contribution >= 0.6 is 0 Å². The largest absolute Gasteiger partial charge is 0.478 e. The number of halogens is 4. The van der Waals surface area contributed by atoms with Crippen molar-refractivity contribution in [2.75, 3.05) is 0 Å². The second kappa shape index (κ2) is 4.38. The van der Waals surface area contributed by atoms with Crippen LogP contribution in [0.2, 0.25) is 0 Å². The van der Waals surface area contributed by atoms with E-state index in [9.17, 15) is 22.4 Å². The molecule has 0 saturated heterocycles. The molecule has 0 bridgehead atoms. The van der Waals surface area contributed by atoms with Crippen molar-refractivity contribution in [3.05, 3.63) is 47.5 Å². The Hall–Kier alpha value is -2.38. The van der Waals surface area contributed by atoms with Crippen molar-refractivity contribution in [3.63, 3.8) is 0 Å². The number of rotatable bonds is 2. The van der Waals surface area contributed by atoms with Gasteiger partial charge >= 0.3 is 12.1 Å². The lowest BCUT2D eigenvalue weighted by Gasteiger charge is -2.06. The van der Waals surface area contributed by atoms with Crippen LogP contribution in [0.1, 0.15) is 15.9 Å². The van der Waals surface area contributed by atoms with Crippen molar-refractivity contribution in [2.45, 2.75) is 6.18 Å². The van der Waals surface area contributed by atoms with E-state index in [2.05, 4.69) is 5.10 Å². The number of benzene rings is 1. The third-order valence-corrected chi connectivity index (χ3v) is 2.36. The molecular formula is C11H6F4N2O2. The van der Waals surface area contributed by atoms with Crippen LogP contribution in [-0.4, -0.2) is 20.9 Å². The molecule has 4 nitrogen and oxygen atoms in total. The first kappa shape index (κ1) is 13.1. The highest BCUT2D eigenvalue weighted by atomic mass is 19.4. The molecule has 19 heavy (non-hydrogen) atoms. The fourth-order valence-corrected chi connectivity index (χ4v) is 1.52. The van der Waals surface area contributed by atoms with E-state index in [4.69, 9.17) is 5.11 Å². The number of hydrogen-bond donors (Lipinski definition) is 1. The third kappa shape index (κ3) is 2.42. The molecule has 0 aliphatic rings. The van der Waals surface area contributed by atoms with E-state index in [0.29, 0.717) is 17.1 Å². The lowest BCUT2D eigenvalue weighted by atomic mass is 10.1. The van der Waals surface area contributed by atoms with Crippen LogP contribution in [0, 0.1) is 5.82 Å². The van der Waals surface area contributed by atoms with E-state index in [0.717, 1.165) is 6.07 Å². The zero-order chi connectivity index (χ0) is 14.2. The number of carboxylic acid groups (broad SMARTS) is 1. The molecule has 0 amide bonds. The smallest absolute Gasteiger partial charge is 0.419 e. The monoisotopic (exact) mass is 274 g/mol. The Balaban J connectivity index is 2.57. The topological polar surface area (TPSA) is 55.1 Å². The Labute approximate surface area is 103 Å². The molecule has 0 spiro atoms. The fourth-order valence-electron chi connectivity index (χ4n) is 1.52. The third-order valence-electron chi connectivity index (χ3n) is 2.36. The molecule has 1 aromatic heterocycles. The molecule has 1 heterocycles. The quantitative estimate of drug-likeness (QED) is 0.857. The van der Waals surface area contributed by atoms with Crippen molar-refractivity contribution in [1.29, 1.82) is 0 Å². The molecule has 2 aromatic rings. The van der Waals surface area contributed by atoms with Crippen LogP contribution in [0.3, 0.4) is 0 Å². The highest BCUT2D eigenvalue weighted by Gasteiger charge is 2.32. The normalized spacial score (nSPS) is 11.6. The van der Waals surface area contributed by atoms with Gasteiger partial charge in [-0.2, -0.15) is 18.3 Å². The highest BCUT2D eigenvalue weighted by Crippen LogP contribution is 2.29. The molecule has 0 atom stereocenters. The number of aromatic carboxylic acids is 1. The zero-order valence-corrected chi connectivity index (χ0v) is 9.15. The van der Waals surface area contributed by atoms with Gasteiger partial charge in [-0.1, -0.05) is 6.07 Å². The molecule has 1 N–H and O–H groups in total. The number of nitrogens with zero attached hydrogens (tertiary/aromatic N) is 2. The van der Waals surface area contributed by atoms with Crippen molar-refractivity contribution >= 4 is 5.97 Å². The van der Waals surface area contributed by atoms with Gasteiger partial charge in [0.25, 0.3) is 0 Å². The summed E-state index contributed by atoms with van der Waals surface area (Å²) in [7, 11) is 0. The second-order valence-corrected chi connectivity index (χ2v) is 3.61. The van der Waals surface area contributed by atoms with Crippen LogP contribution in [0.25, 0.3) is 5.69 Å². The molecule has 8 heteroatoms. The summed E-state index contributed by atoms with van der Waals surface area (Å²) in [6.07, 6.45) is -3.47. The SMILES string of the molecule is O=C(O)c1c(F)cccc1-n1cc(C(F)(F)F)cn1. The summed E-state index contributed by atoms with van der Waals surface area (Å²) < 4.78 is 51.3. The lowest BCUT2D eigenvalue weighted by molar-refractivity contribution is -0.137. The minimum absolute atomic E-state index is 0.275. The molecule has 2 rings (SSSR count). The van der Waals surface area contributed by atoms with E-state index in [1.54, 1.807) is 0 Å². The van der Waals surface area contributed by atoms with Crippen LogP contribution in [0.15, 0.2) is 30.6 Å². The van der Waals surface area contributed by atoms with Gasteiger partial charge < -0.3 is 5.11 Å². The molecule has 0 aliphatic carbocycles. The van der Waals surface area contributed by atoms with E-state index >= 15 is 0 Å². The Kier molecular flexibility index (Phi) is 3.01. The lowest BCUT2D eigenvalue weighted by Crippen LogP contribution is -2.09. The van der Waals surface area contributed by atoms with Gasteiger partial charge in [0, 0.05) is 6.20 Å². The van der Waals surface area contributed by atoms with Gasteiger partial charge in [0.2, 0.25) is 0 Å². The van der Waals surface area contributed by atoms with Crippen molar-refractivity contribution in [3.8, 4) is 5.69 Å². The average molecular weight is 274 g/mol. The van der Waals surface area contributed by atoms with Gasteiger partial charge in [0.05, 0.1) is 17.4 Å². The van der Waals surface area contributed by atoms with Gasteiger partial charge in [-0.15, -0.1) is 0 Å². The van der Waals surface area contributed by atoms with E-state index in [1.165, 1.54) is 12.1 Å². The maximum absolute atomic E-state index is 13.4. The molecule has 0 radical (unpaired) electrons. The zero-order valence-electron chi connectivity index (χ0n) is 9.15. The summed E-state index contributed by atoms with van der Waals surface area (Å²) in [5.41, 5.74) is -2.06. The van der Waals surface area contributed by atoms with Crippen LogP contribution in [0.5, 0.6) is 0 Å². The predicted molar refractivity (Wildman–Crippen MR) is 55.5 cm³/mol. The maximum Gasteiger partial charge on any atom is 0.419 e. The van der Waals surface area contributed by atoms with Crippen LogP contribution in [0.4, 0.5) is 17.6 Å². The van der Waals surface area contributed by atoms with E-state index < -0.39 is 29.1 Å². The minimum Gasteiger partial charge on any atom is -0.478 e. The Morgan fingerprint density at radius 2 is 2.00 bits per heavy atom. The predicted octanol–water partition coefficient (Wildman–Crippen LogP) is 2.73. The van der Waals surface area contributed by atoms with Crippen molar-refractivity contribution < 1.29 is 27.5 Å². The molecule has 100 valence electrons. The number of hydrogen-bond acceptors (Lipinski definition) is 2. The van der Waals surface area contributed by atoms with Gasteiger partial charge in [-0.05, 0) is 12.1 Å². The number of carbonyl (C=O) groups is 1. The van der Waals surface area contributed by atoms with Crippen molar-refractivity contribution in [2.24, 2.45) is 0 Å². The average Bonchev–Trinajstić information content (AvgIpc) is 2.76. The molecule has 0 fully saturated rings. The molecule has 0 unspecified atom stereocenters. The Bertz CT molecular complexity index is 634. The van der Waals surface area contributed by atoms with E-state index in [1.807, 2.05) is 0 Å². The first-order valence-electron chi connectivity index (χ1n) is 4.95. The Morgan fingerprint density at radius 3 is 2.53 bits per heavy atom. The Morgan fingerprint density at radius 1 is 1.32 bits per heavy atom. The number of carboxylic acids is 1. The second-order valence-electron chi connectivity index (χ2n) is 3.61. The minimum atomic E-state index is -4.60. The van der Waals surface area contributed by atoms with Gasteiger partial charge in [-0.25, -0.2) is 13.9 Å². The molecule has 0 aliphatic heterocycles. The fraction of sp³-hybridized carbons (Fsp3) is 0.0909. The van der Waals surface area contributed by atoms with Gasteiger partial charge in [-0.3, -0.25) is 0 Å². The molecular weight excluding hydrogens is 268 g/mol. The van der Waals surface area contributed by atoms with Gasteiger partial charge in [0.15, 0.2) is 0 Å². The summed E-state index contributed by atoms with van der Waals surface area (Å²) in [6.45, 7) is 0. The highest BCUT2D eigenvalue weighted by molar-refractivity contribution is 5.92. The summed E-state index contributed by atoms with van der Waals surface area (Å²) >= 11 is 0. The van der Waals surface area contributed by atoms with Crippen LogP contribution < -0.4 is 0 Å². The first-order valence-corrected chi connectivity index (χ1v) is 4.95. The standard InChI is InChI=1S/C11H6F4N2O2/c12-7-2-1-3-8(9(7)10(18)19)17-5-6(4-16-17)11(13,14)15/h1-5H,(H,18,19). The molecule has 1 aromatic carbocycles. The van der Waals surface area contributed by atoms with E-state index in [-0.39, 0.29) is 5.69 Å². The van der Waals surface area contributed by atoms with Gasteiger partial charge in [0.1, 0.15) is 11.4 Å². The summed E-state index contributed by atoms with van der Waals surface area (Å²) in [5, 5.41) is 12.3. The number of aromatic nitrogens is 2. The maximum atomic E-state index is 13.4. The molecule has 0 saturated carbocycles. The van der Waals surface area contributed by atoms with Crippen molar-refractivity contribution in [1.82, 2.24) is 9.78 Å².